The van der Waals surface area contributed by atoms with E-state index in [4.69, 9.17) is 4.74 Å². The van der Waals surface area contributed by atoms with Crippen LogP contribution < -0.4 is 10.1 Å². The Morgan fingerprint density at radius 1 is 1.50 bits per heavy atom. The second kappa shape index (κ2) is 10.8. The number of aliphatic hydroxyl groups excluding tert-OH is 1. The summed E-state index contributed by atoms with van der Waals surface area (Å²) in [6.07, 6.45) is 2.41. The van der Waals surface area contributed by atoms with Gasteiger partial charge in [0.25, 0.3) is 0 Å². The molecule has 20 heavy (non-hydrogen) atoms. The van der Waals surface area contributed by atoms with Crippen LogP contribution in [0.25, 0.3) is 0 Å². The van der Waals surface area contributed by atoms with E-state index in [9.17, 15) is 5.11 Å². The van der Waals surface area contributed by atoms with E-state index in [2.05, 4.69) is 24.9 Å². The van der Waals surface area contributed by atoms with E-state index in [-0.39, 0.29) is 0 Å². The van der Waals surface area contributed by atoms with Crippen molar-refractivity contribution in [3.8, 4) is 5.75 Å². The number of aliphatic hydroxyl groups is 1. The SMILES string of the molecule is C=CCSCCNCC(O)COc1cccc(CC)c1. The molecule has 4 heteroatoms. The summed E-state index contributed by atoms with van der Waals surface area (Å²) in [5.41, 5.74) is 1.24. The van der Waals surface area contributed by atoms with Crippen molar-refractivity contribution in [3.63, 3.8) is 0 Å². The first-order valence-corrected chi connectivity index (χ1v) is 8.21. The third-order valence-electron chi connectivity index (χ3n) is 2.79. The third kappa shape index (κ3) is 7.58. The van der Waals surface area contributed by atoms with E-state index in [0.717, 1.165) is 30.2 Å². The average Bonchev–Trinajstić information content (AvgIpc) is 2.49. The van der Waals surface area contributed by atoms with Crippen LogP contribution in [0.15, 0.2) is 36.9 Å². The number of ether oxygens (including phenoxy) is 1. The maximum Gasteiger partial charge on any atom is 0.119 e. The van der Waals surface area contributed by atoms with Crippen molar-refractivity contribution < 1.29 is 9.84 Å². The van der Waals surface area contributed by atoms with Gasteiger partial charge in [-0.15, -0.1) is 6.58 Å². The summed E-state index contributed by atoms with van der Waals surface area (Å²) < 4.78 is 5.60. The van der Waals surface area contributed by atoms with Crippen LogP contribution in [0.2, 0.25) is 0 Å². The Hall–Kier alpha value is -0.970. The Morgan fingerprint density at radius 3 is 3.10 bits per heavy atom. The van der Waals surface area contributed by atoms with Gasteiger partial charge in [0.2, 0.25) is 0 Å². The smallest absolute Gasteiger partial charge is 0.119 e. The van der Waals surface area contributed by atoms with Crippen LogP contribution in [0.1, 0.15) is 12.5 Å². The lowest BCUT2D eigenvalue weighted by Gasteiger charge is -2.13. The summed E-state index contributed by atoms with van der Waals surface area (Å²) in [6.45, 7) is 7.55. The molecule has 0 spiro atoms. The Labute approximate surface area is 126 Å². The minimum absolute atomic E-state index is 0.319. The van der Waals surface area contributed by atoms with Crippen molar-refractivity contribution in [2.24, 2.45) is 0 Å². The molecule has 0 heterocycles. The molecule has 0 fully saturated rings. The van der Waals surface area contributed by atoms with E-state index in [1.165, 1.54) is 5.56 Å². The van der Waals surface area contributed by atoms with Crippen molar-refractivity contribution in [1.29, 1.82) is 0 Å². The number of rotatable bonds is 11. The van der Waals surface area contributed by atoms with Gasteiger partial charge in [-0.05, 0) is 24.1 Å². The molecule has 0 aliphatic heterocycles. The maximum atomic E-state index is 9.83. The lowest BCUT2D eigenvalue weighted by Crippen LogP contribution is -2.32. The van der Waals surface area contributed by atoms with Gasteiger partial charge < -0.3 is 15.2 Å². The van der Waals surface area contributed by atoms with E-state index >= 15 is 0 Å². The molecule has 0 bridgehead atoms. The van der Waals surface area contributed by atoms with Gasteiger partial charge in [-0.1, -0.05) is 25.1 Å². The van der Waals surface area contributed by atoms with Crippen LogP contribution in [0, 0.1) is 0 Å². The number of benzene rings is 1. The van der Waals surface area contributed by atoms with E-state index in [0.29, 0.717) is 13.2 Å². The summed E-state index contributed by atoms with van der Waals surface area (Å²) in [5, 5.41) is 13.0. The minimum atomic E-state index is -0.482. The van der Waals surface area contributed by atoms with Crippen molar-refractivity contribution in [1.82, 2.24) is 5.32 Å². The normalized spacial score (nSPS) is 12.1. The highest BCUT2D eigenvalue weighted by atomic mass is 32.2. The Kier molecular flexibility index (Phi) is 9.20. The first kappa shape index (κ1) is 17.1. The molecule has 0 amide bonds. The van der Waals surface area contributed by atoms with Crippen LogP contribution in [0.4, 0.5) is 0 Å². The van der Waals surface area contributed by atoms with E-state index in [1.807, 2.05) is 36.0 Å². The number of hydrogen-bond donors (Lipinski definition) is 2. The van der Waals surface area contributed by atoms with Gasteiger partial charge in [0, 0.05) is 24.6 Å². The number of thioether (sulfide) groups is 1. The highest BCUT2D eigenvalue weighted by Gasteiger charge is 2.05. The summed E-state index contributed by atoms with van der Waals surface area (Å²) in [4.78, 5) is 0. The molecule has 2 N–H and O–H groups in total. The van der Waals surface area contributed by atoms with Crippen molar-refractivity contribution in [2.75, 3.05) is 31.2 Å². The van der Waals surface area contributed by atoms with Crippen molar-refractivity contribution in [2.45, 2.75) is 19.4 Å². The molecule has 1 atom stereocenters. The summed E-state index contributed by atoms with van der Waals surface area (Å²) in [7, 11) is 0. The standard InChI is InChI=1S/C16H25NO2S/c1-3-9-20-10-8-17-12-15(18)13-19-16-7-5-6-14(4-2)11-16/h3,5-7,11,15,17-18H,1,4,8-10,12-13H2,2H3. The predicted molar refractivity (Wildman–Crippen MR) is 87.7 cm³/mol. The van der Waals surface area contributed by atoms with Crippen LogP contribution in [0.5, 0.6) is 5.75 Å². The lowest BCUT2D eigenvalue weighted by atomic mass is 10.2. The molecular formula is C16H25NO2S. The van der Waals surface area contributed by atoms with Gasteiger partial charge in [-0.2, -0.15) is 11.8 Å². The predicted octanol–water partition coefficient (Wildman–Crippen LogP) is 2.50. The average molecular weight is 295 g/mol. The fourth-order valence-corrected chi connectivity index (χ4v) is 2.31. The fourth-order valence-electron chi connectivity index (χ4n) is 1.69. The zero-order chi connectivity index (χ0) is 14.6. The first-order chi connectivity index (χ1) is 9.76. The lowest BCUT2D eigenvalue weighted by molar-refractivity contribution is 0.107. The molecule has 1 rings (SSSR count). The summed E-state index contributed by atoms with van der Waals surface area (Å²) >= 11 is 1.83. The van der Waals surface area contributed by atoms with E-state index < -0.39 is 6.10 Å². The molecular weight excluding hydrogens is 270 g/mol. The second-order valence-corrected chi connectivity index (χ2v) is 5.68. The van der Waals surface area contributed by atoms with Crippen LogP contribution in [-0.2, 0) is 6.42 Å². The largest absolute Gasteiger partial charge is 0.491 e. The molecule has 1 aromatic rings. The number of aryl methyl sites for hydroxylation is 1. The van der Waals surface area contributed by atoms with E-state index in [1.54, 1.807) is 0 Å². The number of nitrogens with one attached hydrogen (secondary N) is 1. The van der Waals surface area contributed by atoms with Crippen LogP contribution >= 0.6 is 11.8 Å². The van der Waals surface area contributed by atoms with Gasteiger partial charge >= 0.3 is 0 Å². The Morgan fingerprint density at radius 2 is 2.35 bits per heavy atom. The highest BCUT2D eigenvalue weighted by molar-refractivity contribution is 7.99. The third-order valence-corrected chi connectivity index (χ3v) is 3.75. The molecule has 0 saturated carbocycles. The zero-order valence-electron chi connectivity index (χ0n) is 12.2. The second-order valence-electron chi connectivity index (χ2n) is 4.53. The minimum Gasteiger partial charge on any atom is -0.491 e. The highest BCUT2D eigenvalue weighted by Crippen LogP contribution is 2.13. The zero-order valence-corrected chi connectivity index (χ0v) is 13.0. The van der Waals surface area contributed by atoms with Crippen molar-refractivity contribution in [3.05, 3.63) is 42.5 Å². The molecule has 112 valence electrons. The monoisotopic (exact) mass is 295 g/mol. The molecule has 1 unspecified atom stereocenters. The van der Waals surface area contributed by atoms with Gasteiger partial charge in [0.1, 0.15) is 18.5 Å². The summed E-state index contributed by atoms with van der Waals surface area (Å²) in [6, 6.07) is 8.00. The maximum absolute atomic E-state index is 9.83. The molecule has 0 aromatic heterocycles. The molecule has 0 aliphatic rings. The molecule has 3 nitrogen and oxygen atoms in total. The topological polar surface area (TPSA) is 41.5 Å². The van der Waals surface area contributed by atoms with Gasteiger partial charge in [-0.25, -0.2) is 0 Å². The molecule has 0 aliphatic carbocycles. The van der Waals surface area contributed by atoms with Crippen LogP contribution in [-0.4, -0.2) is 42.4 Å². The van der Waals surface area contributed by atoms with Gasteiger partial charge in [-0.3, -0.25) is 0 Å². The molecule has 1 aromatic carbocycles. The fraction of sp³-hybridized carbons (Fsp3) is 0.500. The van der Waals surface area contributed by atoms with Crippen molar-refractivity contribution >= 4 is 11.8 Å². The molecule has 0 saturated heterocycles. The Bertz CT molecular complexity index is 384. The van der Waals surface area contributed by atoms with Crippen LogP contribution in [0.3, 0.4) is 0 Å². The quantitative estimate of drug-likeness (QED) is 0.486. The number of hydrogen-bond acceptors (Lipinski definition) is 4. The first-order valence-electron chi connectivity index (χ1n) is 7.05. The summed E-state index contributed by atoms with van der Waals surface area (Å²) in [5.74, 6) is 2.82. The molecule has 0 radical (unpaired) electrons. The van der Waals surface area contributed by atoms with Gasteiger partial charge in [0.05, 0.1) is 0 Å². The Balaban J connectivity index is 2.12. The van der Waals surface area contributed by atoms with Gasteiger partial charge in [0.15, 0.2) is 0 Å².